The molecule has 2 unspecified atom stereocenters. The van der Waals surface area contributed by atoms with E-state index in [1.807, 2.05) is 54.3 Å². The molecule has 28 heavy (non-hydrogen) atoms. The van der Waals surface area contributed by atoms with Gasteiger partial charge in [-0.15, -0.1) is 0 Å². The Morgan fingerprint density at radius 2 is 1.96 bits per heavy atom. The molecule has 6 heteroatoms. The minimum absolute atomic E-state index is 0.000200. The Labute approximate surface area is 171 Å². The number of methoxy groups -OCH3 is 2. The minimum Gasteiger partial charge on any atom is -0.493 e. The summed E-state index contributed by atoms with van der Waals surface area (Å²) in [5.41, 5.74) is 2.07. The van der Waals surface area contributed by atoms with E-state index in [4.69, 9.17) is 21.1 Å². The summed E-state index contributed by atoms with van der Waals surface area (Å²) in [6.45, 7) is 3.06. The van der Waals surface area contributed by atoms with Crippen molar-refractivity contribution < 1.29 is 14.3 Å². The minimum atomic E-state index is -0.000200. The number of halogens is 1. The van der Waals surface area contributed by atoms with Gasteiger partial charge in [-0.2, -0.15) is 0 Å². The maximum atomic E-state index is 12.9. The molecular formula is C22H27ClN2O3. The Hall–Kier alpha value is -2.24. The van der Waals surface area contributed by atoms with Gasteiger partial charge in [-0.05, 0) is 49.1 Å². The summed E-state index contributed by atoms with van der Waals surface area (Å²) in [6.07, 6.45) is 1.94. The molecule has 5 nitrogen and oxygen atoms in total. The molecule has 2 aromatic carbocycles. The number of rotatable bonds is 7. The number of nitrogens with one attached hydrogen (secondary N) is 1. The first kappa shape index (κ1) is 20.5. The van der Waals surface area contributed by atoms with Crippen LogP contribution in [-0.2, 0) is 4.79 Å². The summed E-state index contributed by atoms with van der Waals surface area (Å²) in [6, 6.07) is 13.6. The fourth-order valence-electron chi connectivity index (χ4n) is 3.75. The topological polar surface area (TPSA) is 50.8 Å². The molecule has 1 amide bonds. The standard InChI is InChI=1S/C22H27ClN2O3/c1-15(17-7-4-5-8-18(17)23)24-14-22(26)25-12-6-9-19(25)16-10-11-20(27-2)21(13-16)28-3/h4-5,7-8,10-11,13,15,19,24H,6,9,12,14H2,1-3H3. The molecule has 3 rings (SSSR count). The SMILES string of the molecule is COc1ccc(C2CCCN2C(=O)CNC(C)c2ccccc2Cl)cc1OC. The van der Waals surface area contributed by atoms with Crippen LogP contribution in [0.2, 0.25) is 5.02 Å². The molecule has 1 fully saturated rings. The van der Waals surface area contributed by atoms with Crippen LogP contribution < -0.4 is 14.8 Å². The second kappa shape index (κ2) is 9.30. The third-order valence-corrected chi connectivity index (χ3v) is 5.64. The smallest absolute Gasteiger partial charge is 0.237 e. The monoisotopic (exact) mass is 402 g/mol. The summed E-state index contributed by atoms with van der Waals surface area (Å²) in [7, 11) is 3.24. The van der Waals surface area contributed by atoms with Crippen molar-refractivity contribution in [1.82, 2.24) is 10.2 Å². The Morgan fingerprint density at radius 1 is 1.21 bits per heavy atom. The van der Waals surface area contributed by atoms with Crippen LogP contribution in [0.15, 0.2) is 42.5 Å². The summed E-state index contributed by atoms with van der Waals surface area (Å²) in [5.74, 6) is 1.47. The molecular weight excluding hydrogens is 376 g/mol. The first-order valence-electron chi connectivity index (χ1n) is 9.54. The number of amides is 1. The molecule has 2 atom stereocenters. The van der Waals surface area contributed by atoms with Crippen LogP contribution in [-0.4, -0.2) is 38.1 Å². The summed E-state index contributed by atoms with van der Waals surface area (Å²) < 4.78 is 10.7. The van der Waals surface area contributed by atoms with E-state index in [-0.39, 0.29) is 24.5 Å². The van der Waals surface area contributed by atoms with Crippen LogP contribution in [0, 0.1) is 0 Å². The second-order valence-electron chi connectivity index (χ2n) is 6.98. The molecule has 0 aromatic heterocycles. The summed E-state index contributed by atoms with van der Waals surface area (Å²) in [4.78, 5) is 14.9. The lowest BCUT2D eigenvalue weighted by molar-refractivity contribution is -0.131. The lowest BCUT2D eigenvalue weighted by atomic mass is 10.0. The molecule has 150 valence electrons. The zero-order valence-electron chi connectivity index (χ0n) is 16.6. The Balaban J connectivity index is 1.67. The number of hydrogen-bond acceptors (Lipinski definition) is 4. The zero-order valence-corrected chi connectivity index (χ0v) is 17.3. The van der Waals surface area contributed by atoms with Gasteiger partial charge in [-0.1, -0.05) is 35.9 Å². The van der Waals surface area contributed by atoms with E-state index in [0.717, 1.165) is 30.5 Å². The van der Waals surface area contributed by atoms with E-state index in [1.54, 1.807) is 14.2 Å². The quantitative estimate of drug-likeness (QED) is 0.747. The largest absolute Gasteiger partial charge is 0.493 e. The highest BCUT2D eigenvalue weighted by atomic mass is 35.5. The lowest BCUT2D eigenvalue weighted by Crippen LogP contribution is -2.38. The normalized spacial score (nSPS) is 17.4. The highest BCUT2D eigenvalue weighted by Crippen LogP contribution is 2.36. The van der Waals surface area contributed by atoms with Crippen molar-refractivity contribution in [3.63, 3.8) is 0 Å². The summed E-state index contributed by atoms with van der Waals surface area (Å²) >= 11 is 6.26. The van der Waals surface area contributed by atoms with Gasteiger partial charge >= 0.3 is 0 Å². The number of benzene rings is 2. The lowest BCUT2D eigenvalue weighted by Gasteiger charge is -2.27. The van der Waals surface area contributed by atoms with Gasteiger partial charge in [-0.3, -0.25) is 4.79 Å². The highest BCUT2D eigenvalue weighted by Gasteiger charge is 2.30. The molecule has 0 aliphatic carbocycles. The van der Waals surface area contributed by atoms with Crippen molar-refractivity contribution in [3.8, 4) is 11.5 Å². The Kier molecular flexibility index (Phi) is 6.81. The van der Waals surface area contributed by atoms with Crippen molar-refractivity contribution in [3.05, 3.63) is 58.6 Å². The maximum Gasteiger partial charge on any atom is 0.237 e. The maximum absolute atomic E-state index is 12.9. The highest BCUT2D eigenvalue weighted by molar-refractivity contribution is 6.31. The van der Waals surface area contributed by atoms with Gasteiger partial charge in [0.1, 0.15) is 0 Å². The predicted octanol–water partition coefficient (Wildman–Crippen LogP) is 4.37. The number of hydrogen-bond donors (Lipinski definition) is 1. The van der Waals surface area contributed by atoms with E-state index < -0.39 is 0 Å². The number of likely N-dealkylation sites (tertiary alicyclic amines) is 1. The van der Waals surface area contributed by atoms with Crippen molar-refractivity contribution in [1.29, 1.82) is 0 Å². The Bertz CT molecular complexity index is 827. The number of carbonyl (C=O) groups excluding carboxylic acids is 1. The summed E-state index contributed by atoms with van der Waals surface area (Å²) in [5, 5.41) is 4.02. The number of nitrogens with zero attached hydrogens (tertiary/aromatic N) is 1. The molecule has 0 bridgehead atoms. The van der Waals surface area contributed by atoms with Crippen LogP contribution in [0.4, 0.5) is 0 Å². The average molecular weight is 403 g/mol. The molecule has 0 saturated carbocycles. The van der Waals surface area contributed by atoms with Crippen molar-refractivity contribution in [2.45, 2.75) is 31.8 Å². The van der Waals surface area contributed by atoms with Gasteiger partial charge < -0.3 is 19.7 Å². The molecule has 1 heterocycles. The third-order valence-electron chi connectivity index (χ3n) is 5.30. The predicted molar refractivity (Wildman–Crippen MR) is 111 cm³/mol. The van der Waals surface area contributed by atoms with Crippen LogP contribution in [0.3, 0.4) is 0 Å². The average Bonchev–Trinajstić information content (AvgIpc) is 3.21. The fourth-order valence-corrected chi connectivity index (χ4v) is 4.05. The first-order valence-corrected chi connectivity index (χ1v) is 9.92. The molecule has 0 radical (unpaired) electrons. The molecule has 1 aliphatic heterocycles. The first-order chi connectivity index (χ1) is 13.5. The van der Waals surface area contributed by atoms with Crippen LogP contribution in [0.1, 0.15) is 43.0 Å². The number of ether oxygens (including phenoxy) is 2. The van der Waals surface area contributed by atoms with Crippen LogP contribution >= 0.6 is 11.6 Å². The van der Waals surface area contributed by atoms with E-state index in [0.29, 0.717) is 16.5 Å². The van der Waals surface area contributed by atoms with E-state index >= 15 is 0 Å². The molecule has 2 aromatic rings. The van der Waals surface area contributed by atoms with E-state index in [1.165, 1.54) is 0 Å². The van der Waals surface area contributed by atoms with Gasteiger partial charge in [0.15, 0.2) is 11.5 Å². The second-order valence-corrected chi connectivity index (χ2v) is 7.39. The van der Waals surface area contributed by atoms with E-state index in [9.17, 15) is 4.79 Å². The van der Waals surface area contributed by atoms with Gasteiger partial charge in [0, 0.05) is 17.6 Å². The van der Waals surface area contributed by atoms with Crippen molar-refractivity contribution in [2.24, 2.45) is 0 Å². The van der Waals surface area contributed by atoms with E-state index in [2.05, 4.69) is 5.32 Å². The van der Waals surface area contributed by atoms with Crippen LogP contribution in [0.25, 0.3) is 0 Å². The van der Waals surface area contributed by atoms with Crippen LogP contribution in [0.5, 0.6) is 11.5 Å². The molecule has 1 aliphatic rings. The molecule has 0 spiro atoms. The number of carbonyl (C=O) groups is 1. The Morgan fingerprint density at radius 3 is 2.68 bits per heavy atom. The van der Waals surface area contributed by atoms with Crippen molar-refractivity contribution in [2.75, 3.05) is 27.3 Å². The third kappa shape index (κ3) is 4.42. The van der Waals surface area contributed by atoms with Gasteiger partial charge in [0.25, 0.3) is 0 Å². The van der Waals surface area contributed by atoms with Crippen molar-refractivity contribution >= 4 is 17.5 Å². The van der Waals surface area contributed by atoms with Gasteiger partial charge in [-0.25, -0.2) is 0 Å². The molecule has 1 N–H and O–H groups in total. The molecule has 1 saturated heterocycles. The zero-order chi connectivity index (χ0) is 20.1. The fraction of sp³-hybridized carbons (Fsp3) is 0.409. The van der Waals surface area contributed by atoms with Gasteiger partial charge in [0.05, 0.1) is 26.8 Å². The van der Waals surface area contributed by atoms with Gasteiger partial charge in [0.2, 0.25) is 5.91 Å².